The molecule has 96 valence electrons. The predicted molar refractivity (Wildman–Crippen MR) is 74.0 cm³/mol. The van der Waals surface area contributed by atoms with Gasteiger partial charge in [0.05, 0.1) is 4.92 Å². The van der Waals surface area contributed by atoms with Gasteiger partial charge >= 0.3 is 0 Å². The molecule has 0 spiro atoms. The van der Waals surface area contributed by atoms with E-state index < -0.39 is 4.92 Å². The molecule has 4 nitrogen and oxygen atoms in total. The number of ether oxygens (including phenoxy) is 1. The highest BCUT2D eigenvalue weighted by molar-refractivity contribution is 5.47. The van der Waals surface area contributed by atoms with Crippen LogP contribution in [0.3, 0.4) is 0 Å². The van der Waals surface area contributed by atoms with Crippen molar-refractivity contribution in [1.29, 1.82) is 0 Å². The van der Waals surface area contributed by atoms with Gasteiger partial charge < -0.3 is 4.74 Å². The van der Waals surface area contributed by atoms with E-state index in [0.29, 0.717) is 12.4 Å². The molecular formula is C15H13NO3. The van der Waals surface area contributed by atoms with Crippen molar-refractivity contribution < 1.29 is 9.66 Å². The Morgan fingerprint density at radius 3 is 2.26 bits per heavy atom. The van der Waals surface area contributed by atoms with E-state index in [1.165, 1.54) is 12.1 Å². The van der Waals surface area contributed by atoms with E-state index in [2.05, 4.69) is 6.58 Å². The van der Waals surface area contributed by atoms with Crippen molar-refractivity contribution in [3.8, 4) is 5.75 Å². The van der Waals surface area contributed by atoms with E-state index in [1.54, 1.807) is 18.2 Å². The molecule has 0 unspecified atom stereocenters. The Labute approximate surface area is 111 Å². The zero-order valence-corrected chi connectivity index (χ0v) is 10.3. The summed E-state index contributed by atoms with van der Waals surface area (Å²) in [7, 11) is 0. The zero-order chi connectivity index (χ0) is 13.7. The van der Waals surface area contributed by atoms with Crippen LogP contribution in [0.5, 0.6) is 5.75 Å². The minimum absolute atomic E-state index is 0.0580. The summed E-state index contributed by atoms with van der Waals surface area (Å²) in [6.45, 7) is 4.12. The van der Waals surface area contributed by atoms with Crippen LogP contribution in [0.1, 0.15) is 11.1 Å². The van der Waals surface area contributed by atoms with E-state index >= 15 is 0 Å². The van der Waals surface area contributed by atoms with Gasteiger partial charge in [0.15, 0.2) is 0 Å². The lowest BCUT2D eigenvalue weighted by atomic mass is 10.1. The molecule has 0 saturated heterocycles. The van der Waals surface area contributed by atoms with Crippen molar-refractivity contribution in [2.45, 2.75) is 6.61 Å². The fourth-order valence-electron chi connectivity index (χ4n) is 1.58. The van der Waals surface area contributed by atoms with Gasteiger partial charge in [-0.25, -0.2) is 0 Å². The molecule has 0 bridgehead atoms. The lowest BCUT2D eigenvalue weighted by Crippen LogP contribution is -1.95. The molecule has 0 radical (unpaired) electrons. The molecule has 4 heteroatoms. The number of non-ortho nitro benzene ring substituents is 1. The van der Waals surface area contributed by atoms with Gasteiger partial charge in [-0.2, -0.15) is 0 Å². The van der Waals surface area contributed by atoms with E-state index in [-0.39, 0.29) is 5.69 Å². The van der Waals surface area contributed by atoms with E-state index in [0.717, 1.165) is 11.1 Å². The highest BCUT2D eigenvalue weighted by Crippen LogP contribution is 2.18. The van der Waals surface area contributed by atoms with Gasteiger partial charge in [-0.05, 0) is 23.3 Å². The molecule has 0 N–H and O–H groups in total. The second-order valence-electron chi connectivity index (χ2n) is 3.99. The first kappa shape index (κ1) is 12.8. The number of nitro groups is 1. The van der Waals surface area contributed by atoms with E-state index in [1.807, 2.05) is 24.3 Å². The Morgan fingerprint density at radius 1 is 1.11 bits per heavy atom. The topological polar surface area (TPSA) is 52.4 Å². The quantitative estimate of drug-likeness (QED) is 0.603. The third-order valence-electron chi connectivity index (χ3n) is 2.67. The summed E-state index contributed by atoms with van der Waals surface area (Å²) in [5, 5.41) is 10.5. The molecule has 0 aliphatic heterocycles. The fraction of sp³-hybridized carbons (Fsp3) is 0.0667. The molecule has 0 heterocycles. The predicted octanol–water partition coefficient (Wildman–Crippen LogP) is 3.82. The van der Waals surface area contributed by atoms with Crippen LogP contribution in [0.15, 0.2) is 55.1 Å². The lowest BCUT2D eigenvalue weighted by molar-refractivity contribution is -0.384. The van der Waals surface area contributed by atoms with Crippen LogP contribution < -0.4 is 4.74 Å². The summed E-state index contributed by atoms with van der Waals surface area (Å²) in [4.78, 5) is 10.1. The Morgan fingerprint density at radius 2 is 1.74 bits per heavy atom. The first-order valence-corrected chi connectivity index (χ1v) is 5.77. The molecule has 2 aromatic carbocycles. The summed E-state index contributed by atoms with van der Waals surface area (Å²) in [6.07, 6.45) is 1.78. The van der Waals surface area contributed by atoms with Crippen molar-refractivity contribution in [2.75, 3.05) is 0 Å². The monoisotopic (exact) mass is 255 g/mol. The molecule has 0 fully saturated rings. The first-order chi connectivity index (χ1) is 9.19. The Balaban J connectivity index is 1.97. The molecule has 0 aliphatic carbocycles. The van der Waals surface area contributed by atoms with Crippen LogP contribution in [0.25, 0.3) is 6.08 Å². The summed E-state index contributed by atoms with van der Waals surface area (Å²) in [6, 6.07) is 13.9. The molecule has 0 aromatic heterocycles. The molecule has 0 saturated carbocycles. The average molecular weight is 255 g/mol. The number of rotatable bonds is 5. The molecule has 0 atom stereocenters. The summed E-state index contributed by atoms with van der Waals surface area (Å²) < 4.78 is 5.55. The van der Waals surface area contributed by atoms with Crippen LogP contribution in [0, 0.1) is 10.1 Å². The molecule has 2 rings (SSSR count). The van der Waals surface area contributed by atoms with Gasteiger partial charge in [0, 0.05) is 12.1 Å². The van der Waals surface area contributed by atoms with Crippen molar-refractivity contribution >= 4 is 11.8 Å². The maximum Gasteiger partial charge on any atom is 0.269 e. The highest BCUT2D eigenvalue weighted by atomic mass is 16.6. The average Bonchev–Trinajstić information content (AvgIpc) is 2.46. The molecule has 19 heavy (non-hydrogen) atoms. The summed E-state index contributed by atoms with van der Waals surface area (Å²) in [5.41, 5.74) is 2.14. The molecule has 0 aliphatic rings. The van der Waals surface area contributed by atoms with Crippen molar-refractivity contribution in [3.05, 3.63) is 76.4 Å². The van der Waals surface area contributed by atoms with Crippen molar-refractivity contribution in [3.63, 3.8) is 0 Å². The Bertz CT molecular complexity index is 573. The van der Waals surface area contributed by atoms with E-state index in [9.17, 15) is 10.1 Å². The van der Waals surface area contributed by atoms with Gasteiger partial charge in [0.25, 0.3) is 5.69 Å². The third kappa shape index (κ3) is 3.42. The molecule has 2 aromatic rings. The molecular weight excluding hydrogens is 242 g/mol. The zero-order valence-electron chi connectivity index (χ0n) is 10.3. The van der Waals surface area contributed by atoms with E-state index in [4.69, 9.17) is 4.74 Å². The van der Waals surface area contributed by atoms with Crippen molar-refractivity contribution in [2.24, 2.45) is 0 Å². The number of nitrogens with zero attached hydrogens (tertiary/aromatic N) is 1. The normalized spacial score (nSPS) is 9.89. The second-order valence-corrected chi connectivity index (χ2v) is 3.99. The number of benzene rings is 2. The lowest BCUT2D eigenvalue weighted by Gasteiger charge is -2.06. The van der Waals surface area contributed by atoms with Gasteiger partial charge in [-0.3, -0.25) is 10.1 Å². The standard InChI is InChI=1S/C15H13NO3/c1-2-12-3-5-13(6-4-12)11-19-15-9-7-14(8-10-15)16(17)18/h2-10H,1,11H2. The number of hydrogen-bond donors (Lipinski definition) is 0. The van der Waals surface area contributed by atoms with Crippen LogP contribution in [0.4, 0.5) is 5.69 Å². The Hall–Kier alpha value is -2.62. The van der Waals surface area contributed by atoms with Gasteiger partial charge in [-0.15, -0.1) is 0 Å². The van der Waals surface area contributed by atoms with Gasteiger partial charge in [-0.1, -0.05) is 36.9 Å². The highest BCUT2D eigenvalue weighted by Gasteiger charge is 2.04. The van der Waals surface area contributed by atoms with Crippen LogP contribution in [-0.2, 0) is 6.61 Å². The smallest absolute Gasteiger partial charge is 0.269 e. The van der Waals surface area contributed by atoms with Crippen LogP contribution >= 0.6 is 0 Å². The SMILES string of the molecule is C=Cc1ccc(COc2ccc([N+](=O)[O-])cc2)cc1. The third-order valence-corrected chi connectivity index (χ3v) is 2.67. The maximum atomic E-state index is 10.5. The van der Waals surface area contributed by atoms with Crippen LogP contribution in [0.2, 0.25) is 0 Å². The van der Waals surface area contributed by atoms with Gasteiger partial charge in [0.1, 0.15) is 12.4 Å². The number of hydrogen-bond acceptors (Lipinski definition) is 3. The minimum Gasteiger partial charge on any atom is -0.489 e. The van der Waals surface area contributed by atoms with Gasteiger partial charge in [0.2, 0.25) is 0 Å². The number of nitro benzene ring substituents is 1. The maximum absolute atomic E-state index is 10.5. The second kappa shape index (κ2) is 5.82. The molecule has 0 amide bonds. The largest absolute Gasteiger partial charge is 0.489 e. The van der Waals surface area contributed by atoms with Crippen molar-refractivity contribution in [1.82, 2.24) is 0 Å². The summed E-state index contributed by atoms with van der Waals surface area (Å²) in [5.74, 6) is 0.610. The Kier molecular flexibility index (Phi) is 3.93. The first-order valence-electron chi connectivity index (χ1n) is 5.77. The fourth-order valence-corrected chi connectivity index (χ4v) is 1.58. The van der Waals surface area contributed by atoms with Crippen LogP contribution in [-0.4, -0.2) is 4.92 Å². The minimum atomic E-state index is -0.433. The summed E-state index contributed by atoms with van der Waals surface area (Å²) >= 11 is 0.